The van der Waals surface area contributed by atoms with E-state index in [0.717, 1.165) is 12.0 Å². The molecule has 0 aliphatic heterocycles. The summed E-state index contributed by atoms with van der Waals surface area (Å²) in [6, 6.07) is 14.5. The van der Waals surface area contributed by atoms with E-state index >= 15 is 0 Å². The molecule has 0 saturated carbocycles. The number of rotatable bonds is 8. The highest BCUT2D eigenvalue weighted by molar-refractivity contribution is 6.00. The number of aromatic nitrogens is 3. The molecule has 0 saturated heterocycles. The molecule has 0 bridgehead atoms. The van der Waals surface area contributed by atoms with Crippen molar-refractivity contribution < 1.29 is 14.6 Å². The van der Waals surface area contributed by atoms with Crippen molar-refractivity contribution in [2.45, 2.75) is 39.3 Å². The molecule has 0 spiro atoms. The third kappa shape index (κ3) is 4.73. The van der Waals surface area contributed by atoms with Gasteiger partial charge in [-0.25, -0.2) is 4.68 Å². The summed E-state index contributed by atoms with van der Waals surface area (Å²) in [6.07, 6.45) is 3.06. The van der Waals surface area contributed by atoms with Gasteiger partial charge in [0.05, 0.1) is 17.8 Å². The van der Waals surface area contributed by atoms with E-state index in [-0.39, 0.29) is 36.2 Å². The first-order valence-electron chi connectivity index (χ1n) is 9.00. The number of aromatic hydroxyl groups is 1. The molecule has 6 nitrogen and oxygen atoms in total. The second-order valence-corrected chi connectivity index (χ2v) is 6.50. The monoisotopic (exact) mass is 365 g/mol. The Balaban J connectivity index is 1.62. The fourth-order valence-corrected chi connectivity index (χ4v) is 2.65. The molecule has 140 valence electrons. The van der Waals surface area contributed by atoms with Crippen molar-refractivity contribution in [1.29, 1.82) is 0 Å². The maximum atomic E-state index is 12.4. The molecule has 27 heavy (non-hydrogen) atoms. The molecule has 6 heteroatoms. The molecule has 0 aliphatic carbocycles. The molecule has 3 aromatic rings. The number of nitrogens with zero attached hydrogens (tertiary/aromatic N) is 3. The Bertz CT molecular complexity index is 906. The van der Waals surface area contributed by atoms with Crippen LogP contribution in [0, 0.1) is 0 Å². The molecule has 1 aromatic heterocycles. The van der Waals surface area contributed by atoms with Crippen LogP contribution in [0.1, 0.15) is 47.9 Å². The van der Waals surface area contributed by atoms with Gasteiger partial charge in [-0.3, -0.25) is 4.79 Å². The number of carbonyl (C=O) groups excluding carboxylic acids is 1. The summed E-state index contributed by atoms with van der Waals surface area (Å²) in [5.41, 5.74) is 1.90. The third-order valence-corrected chi connectivity index (χ3v) is 4.46. The van der Waals surface area contributed by atoms with Crippen LogP contribution in [0.25, 0.3) is 0 Å². The second-order valence-electron chi connectivity index (χ2n) is 6.50. The van der Waals surface area contributed by atoms with Gasteiger partial charge >= 0.3 is 0 Å². The third-order valence-electron chi connectivity index (χ3n) is 4.46. The Labute approximate surface area is 158 Å². The largest absolute Gasteiger partial charge is 0.507 e. The van der Waals surface area contributed by atoms with Gasteiger partial charge in [0, 0.05) is 12.5 Å². The smallest absolute Gasteiger partial charge is 0.170 e. The average molecular weight is 365 g/mol. The molecule has 0 fully saturated rings. The standard InChI is InChI=1S/C21H23N3O3/c1-3-15(2)24-13-17(22-23-24)14-27-18-9-10-19(21(26)12-18)20(25)11-16-7-5-4-6-8-16/h4-10,12-13,15,26H,3,11,14H2,1-2H3. The van der Waals surface area contributed by atoms with Crippen molar-refractivity contribution in [3.63, 3.8) is 0 Å². The highest BCUT2D eigenvalue weighted by atomic mass is 16.5. The van der Waals surface area contributed by atoms with Crippen LogP contribution in [0.15, 0.2) is 54.7 Å². The number of Topliss-reactive ketones (excluding diaryl/α,β-unsaturated/α-hetero) is 1. The lowest BCUT2D eigenvalue weighted by Gasteiger charge is -2.08. The Morgan fingerprint density at radius 2 is 2.00 bits per heavy atom. The Kier molecular flexibility index (Phi) is 5.86. The molecule has 2 aromatic carbocycles. The van der Waals surface area contributed by atoms with Gasteiger partial charge < -0.3 is 9.84 Å². The summed E-state index contributed by atoms with van der Waals surface area (Å²) < 4.78 is 7.47. The zero-order valence-electron chi connectivity index (χ0n) is 15.5. The summed E-state index contributed by atoms with van der Waals surface area (Å²) in [5, 5.41) is 18.4. The van der Waals surface area contributed by atoms with E-state index in [0.29, 0.717) is 11.4 Å². The maximum absolute atomic E-state index is 12.4. The summed E-state index contributed by atoms with van der Waals surface area (Å²) >= 11 is 0. The minimum atomic E-state index is -0.137. The predicted molar refractivity (Wildman–Crippen MR) is 102 cm³/mol. The summed E-state index contributed by atoms with van der Waals surface area (Å²) in [6.45, 7) is 4.40. The number of carbonyl (C=O) groups is 1. The van der Waals surface area contributed by atoms with Crippen LogP contribution < -0.4 is 4.74 Å². The van der Waals surface area contributed by atoms with Crippen LogP contribution in [0.3, 0.4) is 0 Å². The molecule has 0 amide bonds. The van der Waals surface area contributed by atoms with Gasteiger partial charge in [-0.05, 0) is 31.0 Å². The first-order chi connectivity index (χ1) is 13.1. The molecule has 0 aliphatic rings. The van der Waals surface area contributed by atoms with Gasteiger partial charge in [0.1, 0.15) is 23.8 Å². The number of benzene rings is 2. The van der Waals surface area contributed by atoms with Crippen molar-refractivity contribution in [1.82, 2.24) is 15.0 Å². The highest BCUT2D eigenvalue weighted by Gasteiger charge is 2.13. The van der Waals surface area contributed by atoms with Gasteiger partial charge in [-0.2, -0.15) is 0 Å². The van der Waals surface area contributed by atoms with E-state index in [2.05, 4.69) is 24.2 Å². The van der Waals surface area contributed by atoms with E-state index < -0.39 is 0 Å². The van der Waals surface area contributed by atoms with Crippen LogP contribution >= 0.6 is 0 Å². The van der Waals surface area contributed by atoms with Crippen molar-refractivity contribution in [3.8, 4) is 11.5 Å². The van der Waals surface area contributed by atoms with E-state index in [9.17, 15) is 9.90 Å². The molecule has 0 radical (unpaired) electrons. The van der Waals surface area contributed by atoms with Gasteiger partial charge in [-0.1, -0.05) is 42.5 Å². The van der Waals surface area contributed by atoms with Crippen LogP contribution in [-0.2, 0) is 13.0 Å². The number of ketones is 1. The minimum Gasteiger partial charge on any atom is -0.507 e. The van der Waals surface area contributed by atoms with E-state index in [1.165, 1.54) is 6.07 Å². The zero-order chi connectivity index (χ0) is 19.2. The fourth-order valence-electron chi connectivity index (χ4n) is 2.65. The first kappa shape index (κ1) is 18.6. The number of phenolic OH excluding ortho intramolecular Hbond substituents is 1. The molecule has 1 N–H and O–H groups in total. The Morgan fingerprint density at radius 1 is 1.22 bits per heavy atom. The molecule has 1 unspecified atom stereocenters. The van der Waals surface area contributed by atoms with E-state index in [1.54, 1.807) is 12.1 Å². The lowest BCUT2D eigenvalue weighted by molar-refractivity contribution is 0.0990. The number of hydrogen-bond donors (Lipinski definition) is 1. The Morgan fingerprint density at radius 3 is 2.70 bits per heavy atom. The fraction of sp³-hybridized carbons (Fsp3) is 0.286. The number of phenols is 1. The van der Waals surface area contributed by atoms with Gasteiger partial charge in [0.25, 0.3) is 0 Å². The first-order valence-corrected chi connectivity index (χ1v) is 9.00. The minimum absolute atomic E-state index is 0.0864. The van der Waals surface area contributed by atoms with Crippen molar-refractivity contribution in [2.24, 2.45) is 0 Å². The van der Waals surface area contributed by atoms with Crippen LogP contribution in [0.2, 0.25) is 0 Å². The second kappa shape index (κ2) is 8.49. The topological polar surface area (TPSA) is 77.2 Å². The van der Waals surface area contributed by atoms with Crippen molar-refractivity contribution >= 4 is 5.78 Å². The molecular weight excluding hydrogens is 342 g/mol. The van der Waals surface area contributed by atoms with Crippen molar-refractivity contribution in [3.05, 3.63) is 71.5 Å². The molecular formula is C21H23N3O3. The summed E-state index contributed by atoms with van der Waals surface area (Å²) in [7, 11) is 0. The molecule has 1 atom stereocenters. The lowest BCUT2D eigenvalue weighted by Crippen LogP contribution is -2.04. The zero-order valence-corrected chi connectivity index (χ0v) is 15.5. The Hall–Kier alpha value is -3.15. The number of hydrogen-bond acceptors (Lipinski definition) is 5. The average Bonchev–Trinajstić information content (AvgIpc) is 3.15. The van der Waals surface area contributed by atoms with Crippen LogP contribution in [0.4, 0.5) is 0 Å². The van der Waals surface area contributed by atoms with Crippen molar-refractivity contribution in [2.75, 3.05) is 0 Å². The van der Waals surface area contributed by atoms with Gasteiger partial charge in [0.2, 0.25) is 0 Å². The molecule has 3 rings (SSSR count). The van der Waals surface area contributed by atoms with E-state index in [4.69, 9.17) is 4.74 Å². The summed E-state index contributed by atoms with van der Waals surface area (Å²) in [5.74, 6) is 0.250. The van der Waals surface area contributed by atoms with E-state index in [1.807, 2.05) is 41.2 Å². The normalized spacial score (nSPS) is 11.9. The lowest BCUT2D eigenvalue weighted by atomic mass is 10.0. The maximum Gasteiger partial charge on any atom is 0.170 e. The van der Waals surface area contributed by atoms with Gasteiger partial charge in [0.15, 0.2) is 5.78 Å². The molecule has 1 heterocycles. The van der Waals surface area contributed by atoms with Crippen LogP contribution in [0.5, 0.6) is 11.5 Å². The number of ether oxygens (including phenoxy) is 1. The quantitative estimate of drug-likeness (QED) is 0.612. The predicted octanol–water partition coefficient (Wildman–Crippen LogP) is 3.96. The highest BCUT2D eigenvalue weighted by Crippen LogP contribution is 2.25. The summed E-state index contributed by atoms with van der Waals surface area (Å²) in [4.78, 5) is 12.4. The van der Waals surface area contributed by atoms with Crippen LogP contribution in [-0.4, -0.2) is 25.9 Å². The SMILES string of the molecule is CCC(C)n1cc(COc2ccc(C(=O)Cc3ccccc3)c(O)c2)nn1. The van der Waals surface area contributed by atoms with Gasteiger partial charge in [-0.15, -0.1) is 5.10 Å².